The average Bonchev–Trinajstić information content (AvgIpc) is 3.04. The van der Waals surface area contributed by atoms with Gasteiger partial charge in [0.25, 0.3) is 5.91 Å². The molecule has 0 aliphatic carbocycles. The molecule has 1 atom stereocenters. The van der Waals surface area contributed by atoms with Gasteiger partial charge in [-0.1, -0.05) is 6.07 Å². The highest BCUT2D eigenvalue weighted by Crippen LogP contribution is 2.20. The Morgan fingerprint density at radius 1 is 1.25 bits per heavy atom. The molecule has 1 aliphatic heterocycles. The van der Waals surface area contributed by atoms with Gasteiger partial charge in [-0.05, 0) is 44.2 Å². The first-order valence-corrected chi connectivity index (χ1v) is 8.28. The third-order valence-corrected chi connectivity index (χ3v) is 3.99. The molecule has 1 aromatic carbocycles. The minimum Gasteiger partial charge on any atom is -0.494 e. The molecule has 126 valence electrons. The zero-order chi connectivity index (χ0) is 16.9. The Bertz CT molecular complexity index is 700. The van der Waals surface area contributed by atoms with Crippen LogP contribution in [0.3, 0.4) is 0 Å². The van der Waals surface area contributed by atoms with Crippen molar-refractivity contribution in [1.29, 1.82) is 0 Å². The van der Waals surface area contributed by atoms with E-state index in [-0.39, 0.29) is 12.0 Å². The number of pyridine rings is 1. The first-order chi connectivity index (χ1) is 11.7. The van der Waals surface area contributed by atoms with Gasteiger partial charge in [-0.25, -0.2) is 4.98 Å². The maximum absolute atomic E-state index is 12.6. The maximum Gasteiger partial charge on any atom is 0.253 e. The number of nitrogens with zero attached hydrogens (tertiary/aromatic N) is 2. The smallest absolute Gasteiger partial charge is 0.253 e. The molecule has 5 heteroatoms. The molecule has 0 bridgehead atoms. The van der Waals surface area contributed by atoms with E-state index in [4.69, 9.17) is 9.47 Å². The fourth-order valence-electron chi connectivity index (χ4n) is 2.81. The summed E-state index contributed by atoms with van der Waals surface area (Å²) in [6, 6.07) is 13.0. The first-order valence-electron chi connectivity index (χ1n) is 8.28. The van der Waals surface area contributed by atoms with Crippen molar-refractivity contribution in [1.82, 2.24) is 9.88 Å². The Hall–Kier alpha value is -2.56. The van der Waals surface area contributed by atoms with Crippen LogP contribution in [0, 0.1) is 6.92 Å². The van der Waals surface area contributed by atoms with Gasteiger partial charge in [-0.2, -0.15) is 0 Å². The molecule has 1 unspecified atom stereocenters. The van der Waals surface area contributed by atoms with E-state index in [2.05, 4.69) is 4.98 Å². The van der Waals surface area contributed by atoms with Crippen LogP contribution in [-0.2, 0) is 0 Å². The highest BCUT2D eigenvalue weighted by Gasteiger charge is 2.28. The van der Waals surface area contributed by atoms with E-state index >= 15 is 0 Å². The lowest BCUT2D eigenvalue weighted by atomic mass is 10.2. The minimum absolute atomic E-state index is 0.00838. The maximum atomic E-state index is 12.6. The van der Waals surface area contributed by atoms with Gasteiger partial charge in [0.05, 0.1) is 13.2 Å². The van der Waals surface area contributed by atoms with Crippen LogP contribution in [-0.4, -0.2) is 41.6 Å². The molecule has 24 heavy (non-hydrogen) atoms. The van der Waals surface area contributed by atoms with Crippen LogP contribution in [0.1, 0.15) is 29.4 Å². The summed E-state index contributed by atoms with van der Waals surface area (Å²) in [6.07, 6.45) is 0.809. The Morgan fingerprint density at radius 2 is 2.04 bits per heavy atom. The lowest BCUT2D eigenvalue weighted by Gasteiger charge is -2.17. The van der Waals surface area contributed by atoms with Crippen LogP contribution in [0.15, 0.2) is 42.5 Å². The standard InChI is InChI=1S/C19H22N2O3/c1-3-23-16-9-7-15(8-10-16)19(22)21-12-11-17(13-21)24-18-6-4-5-14(2)20-18/h4-10,17H,3,11-13H2,1-2H3. The van der Waals surface area contributed by atoms with Crippen molar-refractivity contribution in [2.24, 2.45) is 0 Å². The molecule has 1 aliphatic rings. The number of amides is 1. The summed E-state index contributed by atoms with van der Waals surface area (Å²) in [7, 11) is 0. The van der Waals surface area contributed by atoms with Crippen molar-refractivity contribution >= 4 is 5.91 Å². The number of carbonyl (C=O) groups is 1. The Morgan fingerprint density at radius 3 is 2.75 bits per heavy atom. The van der Waals surface area contributed by atoms with Gasteiger partial charge < -0.3 is 14.4 Å². The van der Waals surface area contributed by atoms with Crippen molar-refractivity contribution in [2.75, 3.05) is 19.7 Å². The lowest BCUT2D eigenvalue weighted by Crippen LogP contribution is -2.31. The number of ether oxygens (including phenoxy) is 2. The summed E-state index contributed by atoms with van der Waals surface area (Å²) in [5, 5.41) is 0. The summed E-state index contributed by atoms with van der Waals surface area (Å²) < 4.78 is 11.3. The number of benzene rings is 1. The minimum atomic E-state index is -0.00838. The summed E-state index contributed by atoms with van der Waals surface area (Å²) >= 11 is 0. The predicted molar refractivity (Wildman–Crippen MR) is 91.5 cm³/mol. The van der Waals surface area contributed by atoms with Crippen LogP contribution in [0.2, 0.25) is 0 Å². The highest BCUT2D eigenvalue weighted by atomic mass is 16.5. The molecule has 0 N–H and O–H groups in total. The average molecular weight is 326 g/mol. The first kappa shape index (κ1) is 16.3. The third kappa shape index (κ3) is 3.85. The number of aromatic nitrogens is 1. The van der Waals surface area contributed by atoms with Crippen molar-refractivity contribution in [2.45, 2.75) is 26.4 Å². The number of carbonyl (C=O) groups excluding carboxylic acids is 1. The van der Waals surface area contributed by atoms with E-state index < -0.39 is 0 Å². The fraction of sp³-hybridized carbons (Fsp3) is 0.368. The van der Waals surface area contributed by atoms with Gasteiger partial charge in [-0.3, -0.25) is 4.79 Å². The summed E-state index contributed by atoms with van der Waals surface area (Å²) in [4.78, 5) is 18.8. The molecule has 0 saturated carbocycles. The molecule has 0 radical (unpaired) electrons. The quantitative estimate of drug-likeness (QED) is 0.847. The summed E-state index contributed by atoms with van der Waals surface area (Å²) in [6.45, 7) is 5.77. The zero-order valence-corrected chi connectivity index (χ0v) is 14.1. The predicted octanol–water partition coefficient (Wildman–Crippen LogP) is 3.08. The number of hydrogen-bond acceptors (Lipinski definition) is 4. The van der Waals surface area contributed by atoms with Gasteiger partial charge in [-0.15, -0.1) is 0 Å². The van der Waals surface area contributed by atoms with E-state index in [0.717, 1.165) is 17.9 Å². The molecule has 2 aromatic rings. The van der Waals surface area contributed by atoms with Crippen LogP contribution in [0.25, 0.3) is 0 Å². The molecule has 2 heterocycles. The number of aryl methyl sites for hydroxylation is 1. The SMILES string of the molecule is CCOc1ccc(C(=O)N2CCC(Oc3cccc(C)n3)C2)cc1. The van der Waals surface area contributed by atoms with Crippen LogP contribution in [0.4, 0.5) is 0 Å². The van der Waals surface area contributed by atoms with Crippen molar-refractivity contribution in [3.05, 3.63) is 53.7 Å². The summed E-state index contributed by atoms with van der Waals surface area (Å²) in [5.41, 5.74) is 1.60. The topological polar surface area (TPSA) is 51.7 Å². The van der Waals surface area contributed by atoms with Gasteiger partial charge in [0.2, 0.25) is 5.88 Å². The molecule has 3 rings (SSSR count). The second-order valence-electron chi connectivity index (χ2n) is 5.85. The monoisotopic (exact) mass is 326 g/mol. The lowest BCUT2D eigenvalue weighted by molar-refractivity contribution is 0.0771. The van der Waals surface area contributed by atoms with Crippen LogP contribution < -0.4 is 9.47 Å². The van der Waals surface area contributed by atoms with Crippen LogP contribution in [0.5, 0.6) is 11.6 Å². The number of rotatable bonds is 5. The van der Waals surface area contributed by atoms with E-state index in [1.165, 1.54) is 0 Å². The molecule has 5 nitrogen and oxygen atoms in total. The Kier molecular flexibility index (Phi) is 4.99. The van der Waals surface area contributed by atoms with Gasteiger partial charge in [0, 0.05) is 30.3 Å². The Labute approximate surface area is 142 Å². The molecule has 1 fully saturated rings. The van der Waals surface area contributed by atoms with E-state index in [1.54, 1.807) is 0 Å². The third-order valence-electron chi connectivity index (χ3n) is 3.99. The van der Waals surface area contributed by atoms with Gasteiger partial charge in [0.15, 0.2) is 0 Å². The van der Waals surface area contributed by atoms with E-state index in [0.29, 0.717) is 31.1 Å². The van der Waals surface area contributed by atoms with Crippen molar-refractivity contribution in [3.8, 4) is 11.6 Å². The molecule has 1 aromatic heterocycles. The van der Waals surface area contributed by atoms with E-state index in [1.807, 2.05) is 61.2 Å². The van der Waals surface area contributed by atoms with Crippen molar-refractivity contribution < 1.29 is 14.3 Å². The molecule has 1 amide bonds. The highest BCUT2D eigenvalue weighted by molar-refractivity contribution is 5.94. The van der Waals surface area contributed by atoms with Gasteiger partial charge >= 0.3 is 0 Å². The largest absolute Gasteiger partial charge is 0.494 e. The van der Waals surface area contributed by atoms with Gasteiger partial charge in [0.1, 0.15) is 11.9 Å². The number of hydrogen-bond donors (Lipinski definition) is 0. The second kappa shape index (κ2) is 7.34. The molecule has 0 spiro atoms. The molecule has 1 saturated heterocycles. The number of likely N-dealkylation sites (tertiary alicyclic amines) is 1. The van der Waals surface area contributed by atoms with E-state index in [9.17, 15) is 4.79 Å². The molecular formula is C19H22N2O3. The van der Waals surface area contributed by atoms with Crippen LogP contribution >= 0.6 is 0 Å². The fourth-order valence-corrected chi connectivity index (χ4v) is 2.81. The molecular weight excluding hydrogens is 304 g/mol. The zero-order valence-electron chi connectivity index (χ0n) is 14.1. The Balaban J connectivity index is 1.59. The normalized spacial score (nSPS) is 16.9. The van der Waals surface area contributed by atoms with Crippen molar-refractivity contribution in [3.63, 3.8) is 0 Å². The second-order valence-corrected chi connectivity index (χ2v) is 5.85. The summed E-state index contributed by atoms with van der Waals surface area (Å²) in [5.74, 6) is 1.43.